The maximum Gasteiger partial charge on any atom is 0.306 e. The van der Waals surface area contributed by atoms with E-state index in [1.165, 1.54) is 0 Å². The van der Waals surface area contributed by atoms with Crippen molar-refractivity contribution in [1.29, 1.82) is 0 Å². The van der Waals surface area contributed by atoms with Crippen LogP contribution in [0.1, 0.15) is 24.2 Å². The van der Waals surface area contributed by atoms with Gasteiger partial charge in [-0.05, 0) is 36.1 Å². The number of carboxylic acids is 1. The van der Waals surface area contributed by atoms with E-state index in [1.807, 2.05) is 0 Å². The molecule has 0 fully saturated rings. The van der Waals surface area contributed by atoms with Crippen molar-refractivity contribution in [2.24, 2.45) is 0 Å². The Morgan fingerprint density at radius 3 is 3.07 bits per heavy atom. The zero-order valence-corrected chi connectivity index (χ0v) is 8.04. The third-order valence-corrected chi connectivity index (χ3v) is 2.64. The van der Waals surface area contributed by atoms with Gasteiger partial charge in [-0.1, -0.05) is 0 Å². The summed E-state index contributed by atoms with van der Waals surface area (Å²) in [6.45, 7) is 0. The third kappa shape index (κ3) is 1.40. The number of carboxylic acid groups (broad SMARTS) is 1. The van der Waals surface area contributed by atoms with Crippen molar-refractivity contribution in [2.45, 2.75) is 24.9 Å². The van der Waals surface area contributed by atoms with Crippen molar-refractivity contribution in [1.82, 2.24) is 0 Å². The first-order valence-electron chi connectivity index (χ1n) is 4.24. The zero-order valence-electron chi connectivity index (χ0n) is 7.29. The highest BCUT2D eigenvalue weighted by Gasteiger charge is 2.42. The fraction of sp³-hybridized carbons (Fsp3) is 0.444. The van der Waals surface area contributed by atoms with Crippen molar-refractivity contribution in [3.05, 3.63) is 22.6 Å². The molecule has 4 nitrogen and oxygen atoms in total. The van der Waals surface area contributed by atoms with Crippen LogP contribution < -0.4 is 0 Å². The van der Waals surface area contributed by atoms with Crippen LogP contribution in [0.3, 0.4) is 0 Å². The molecule has 2 rings (SSSR count). The first kappa shape index (κ1) is 9.55. The van der Waals surface area contributed by atoms with Crippen LogP contribution >= 0.6 is 11.6 Å². The SMILES string of the molecule is O=C(O)CC1(O)CCc2cc(Cl)oc21. The van der Waals surface area contributed by atoms with Crippen LogP contribution in [-0.4, -0.2) is 16.2 Å². The molecule has 5 heteroatoms. The predicted molar refractivity (Wildman–Crippen MR) is 48.2 cm³/mol. The van der Waals surface area contributed by atoms with Gasteiger partial charge in [-0.25, -0.2) is 0 Å². The Bertz CT molecular complexity index is 384. The highest BCUT2D eigenvalue weighted by molar-refractivity contribution is 6.29. The summed E-state index contributed by atoms with van der Waals surface area (Å²) in [6.07, 6.45) is 0.643. The first-order valence-corrected chi connectivity index (χ1v) is 4.62. The minimum atomic E-state index is -1.38. The molecule has 0 radical (unpaired) electrons. The van der Waals surface area contributed by atoms with E-state index in [4.69, 9.17) is 21.1 Å². The van der Waals surface area contributed by atoms with Crippen LogP contribution in [0.25, 0.3) is 0 Å². The highest BCUT2D eigenvalue weighted by atomic mass is 35.5. The predicted octanol–water partition coefficient (Wildman–Crippen LogP) is 1.54. The third-order valence-electron chi connectivity index (χ3n) is 2.45. The van der Waals surface area contributed by atoms with Crippen LogP contribution in [0.4, 0.5) is 0 Å². The number of aryl methyl sites for hydroxylation is 1. The number of hydrogen-bond donors (Lipinski definition) is 2. The molecule has 1 unspecified atom stereocenters. The Labute approximate surface area is 85.1 Å². The molecule has 1 aromatic heterocycles. The van der Waals surface area contributed by atoms with Crippen molar-refractivity contribution in [3.8, 4) is 0 Å². The molecule has 0 aromatic carbocycles. The van der Waals surface area contributed by atoms with Gasteiger partial charge in [0.05, 0.1) is 6.42 Å². The molecule has 1 aliphatic carbocycles. The van der Waals surface area contributed by atoms with E-state index in [0.717, 1.165) is 5.56 Å². The fourth-order valence-electron chi connectivity index (χ4n) is 1.85. The van der Waals surface area contributed by atoms with Gasteiger partial charge >= 0.3 is 5.97 Å². The normalized spacial score (nSPS) is 25.0. The molecule has 76 valence electrons. The summed E-state index contributed by atoms with van der Waals surface area (Å²) >= 11 is 5.62. The molecule has 1 aliphatic rings. The number of rotatable bonds is 2. The molecule has 14 heavy (non-hydrogen) atoms. The van der Waals surface area contributed by atoms with Crippen molar-refractivity contribution in [3.63, 3.8) is 0 Å². The lowest BCUT2D eigenvalue weighted by Gasteiger charge is -2.18. The molecule has 0 saturated heterocycles. The Kier molecular flexibility index (Phi) is 2.05. The van der Waals surface area contributed by atoms with Gasteiger partial charge in [0.25, 0.3) is 0 Å². The van der Waals surface area contributed by atoms with Gasteiger partial charge in [-0.3, -0.25) is 4.79 Å². The molecule has 1 atom stereocenters. The van der Waals surface area contributed by atoms with E-state index in [-0.39, 0.29) is 11.6 Å². The van der Waals surface area contributed by atoms with Crippen molar-refractivity contribution in [2.75, 3.05) is 0 Å². The van der Waals surface area contributed by atoms with E-state index < -0.39 is 11.6 Å². The fourth-order valence-corrected chi connectivity index (χ4v) is 2.06. The molecule has 0 saturated carbocycles. The van der Waals surface area contributed by atoms with Gasteiger partial charge in [-0.15, -0.1) is 0 Å². The number of fused-ring (bicyclic) bond motifs is 1. The lowest BCUT2D eigenvalue weighted by molar-refractivity contribution is -0.143. The number of furan rings is 1. The second-order valence-corrected chi connectivity index (χ2v) is 3.88. The maximum atomic E-state index is 10.5. The quantitative estimate of drug-likeness (QED) is 0.787. The molecule has 0 bridgehead atoms. The summed E-state index contributed by atoms with van der Waals surface area (Å²) in [6, 6.07) is 1.62. The number of carbonyl (C=O) groups is 1. The minimum absolute atomic E-state index is 0.193. The van der Waals surface area contributed by atoms with E-state index in [9.17, 15) is 9.90 Å². The van der Waals surface area contributed by atoms with E-state index >= 15 is 0 Å². The number of halogens is 1. The molecule has 0 spiro atoms. The smallest absolute Gasteiger partial charge is 0.306 e. The Morgan fingerprint density at radius 1 is 1.71 bits per heavy atom. The average molecular weight is 217 g/mol. The molecule has 1 aromatic rings. The standard InChI is InChI=1S/C9H9ClO4/c10-6-3-5-1-2-9(13,4-7(11)12)8(5)14-6/h3,13H,1-2,4H2,(H,11,12). The van der Waals surface area contributed by atoms with Crippen LogP contribution in [-0.2, 0) is 16.8 Å². The largest absolute Gasteiger partial charge is 0.481 e. The number of aliphatic hydroxyl groups is 1. The topological polar surface area (TPSA) is 70.7 Å². The summed E-state index contributed by atoms with van der Waals surface area (Å²) < 4.78 is 5.09. The summed E-state index contributed by atoms with van der Waals surface area (Å²) in [7, 11) is 0. The second kappa shape index (κ2) is 3.00. The summed E-state index contributed by atoms with van der Waals surface area (Å²) in [5, 5.41) is 18.8. The second-order valence-electron chi connectivity index (χ2n) is 3.51. The maximum absolute atomic E-state index is 10.5. The van der Waals surface area contributed by atoms with Crippen molar-refractivity contribution < 1.29 is 19.4 Å². The monoisotopic (exact) mass is 216 g/mol. The first-order chi connectivity index (χ1) is 6.51. The Morgan fingerprint density at radius 2 is 2.43 bits per heavy atom. The average Bonchev–Trinajstić information content (AvgIpc) is 2.52. The summed E-state index contributed by atoms with van der Waals surface area (Å²) in [5.41, 5.74) is -0.576. The van der Waals surface area contributed by atoms with Gasteiger partial charge < -0.3 is 14.6 Å². The van der Waals surface area contributed by atoms with Gasteiger partial charge in [-0.2, -0.15) is 0 Å². The van der Waals surface area contributed by atoms with E-state index in [1.54, 1.807) is 6.07 Å². The summed E-state index contributed by atoms with van der Waals surface area (Å²) in [4.78, 5) is 10.5. The van der Waals surface area contributed by atoms with Crippen LogP contribution in [0.2, 0.25) is 5.22 Å². The van der Waals surface area contributed by atoms with E-state index in [2.05, 4.69) is 0 Å². The number of hydrogen-bond acceptors (Lipinski definition) is 3. The highest BCUT2D eigenvalue weighted by Crippen LogP contribution is 2.42. The molecule has 0 aliphatic heterocycles. The van der Waals surface area contributed by atoms with Crippen LogP contribution in [0, 0.1) is 0 Å². The van der Waals surface area contributed by atoms with E-state index in [0.29, 0.717) is 18.6 Å². The van der Waals surface area contributed by atoms with Gasteiger partial charge in [0.15, 0.2) is 5.22 Å². The molecular weight excluding hydrogens is 208 g/mol. The van der Waals surface area contributed by atoms with Gasteiger partial charge in [0.2, 0.25) is 0 Å². The molecule has 2 N–H and O–H groups in total. The molecule has 0 amide bonds. The Balaban J connectivity index is 2.35. The summed E-state index contributed by atoms with van der Waals surface area (Å²) in [5.74, 6) is -0.738. The molecule has 1 heterocycles. The Hall–Kier alpha value is -1.00. The van der Waals surface area contributed by atoms with Gasteiger partial charge in [0, 0.05) is 0 Å². The van der Waals surface area contributed by atoms with Crippen molar-refractivity contribution >= 4 is 17.6 Å². The minimum Gasteiger partial charge on any atom is -0.481 e. The molecular formula is C9H9ClO4. The van der Waals surface area contributed by atoms with Gasteiger partial charge in [0.1, 0.15) is 11.4 Å². The van der Waals surface area contributed by atoms with Crippen LogP contribution in [0.15, 0.2) is 10.5 Å². The zero-order chi connectivity index (χ0) is 10.3. The lowest BCUT2D eigenvalue weighted by Crippen LogP contribution is -2.25. The van der Waals surface area contributed by atoms with Crippen LogP contribution in [0.5, 0.6) is 0 Å². The number of aliphatic carboxylic acids is 1. The lowest BCUT2D eigenvalue weighted by atomic mass is 9.98.